The first-order valence-electron chi connectivity index (χ1n) is 30.1. The number of esters is 1. The van der Waals surface area contributed by atoms with E-state index in [0.29, 0.717) is 19.4 Å². The van der Waals surface area contributed by atoms with Gasteiger partial charge in [0.15, 0.2) is 0 Å². The standard InChI is InChI=1S/C61H117NO5/c1-3-5-7-9-11-13-14-15-16-25-29-32-35-39-43-47-51-55-61(66)67-56-52-48-44-40-36-33-30-27-24-22-20-18-17-19-21-23-26-28-31-34-38-42-46-50-54-60(65)62-58(57-63)59(64)53-49-45-41-37-12-10-8-6-4-2/h19,21,49,53,58-59,63-64H,3-18,20,22-48,50-52,54-57H2,1-2H3,(H,62,65)/b21-19-,53-49+. The Morgan fingerprint density at radius 1 is 0.403 bits per heavy atom. The van der Waals surface area contributed by atoms with Gasteiger partial charge < -0.3 is 20.3 Å². The first-order chi connectivity index (χ1) is 33.0. The van der Waals surface area contributed by atoms with Crippen molar-refractivity contribution >= 4 is 11.9 Å². The first-order valence-corrected chi connectivity index (χ1v) is 30.1. The Balaban J connectivity index is 3.36. The van der Waals surface area contributed by atoms with Gasteiger partial charge in [-0.05, 0) is 57.8 Å². The van der Waals surface area contributed by atoms with Gasteiger partial charge in [-0.15, -0.1) is 0 Å². The highest BCUT2D eigenvalue weighted by molar-refractivity contribution is 5.76. The predicted molar refractivity (Wildman–Crippen MR) is 292 cm³/mol. The number of nitrogens with one attached hydrogen (secondary N) is 1. The normalized spacial score (nSPS) is 12.7. The molecular formula is C61H117NO5. The summed E-state index contributed by atoms with van der Waals surface area (Å²) in [6.07, 6.45) is 69.4. The van der Waals surface area contributed by atoms with Crippen molar-refractivity contribution in [2.75, 3.05) is 13.2 Å². The van der Waals surface area contributed by atoms with Crippen LogP contribution in [-0.2, 0) is 14.3 Å². The van der Waals surface area contributed by atoms with E-state index in [-0.39, 0.29) is 18.5 Å². The number of hydrogen-bond donors (Lipinski definition) is 3. The summed E-state index contributed by atoms with van der Waals surface area (Å²) in [5.41, 5.74) is 0. The van der Waals surface area contributed by atoms with Crippen molar-refractivity contribution in [1.29, 1.82) is 0 Å². The number of amides is 1. The number of allylic oxidation sites excluding steroid dienone is 3. The number of carbonyl (C=O) groups excluding carboxylic acids is 2. The second kappa shape index (κ2) is 56.9. The zero-order chi connectivity index (χ0) is 48.6. The monoisotopic (exact) mass is 944 g/mol. The quantitative estimate of drug-likeness (QED) is 0.0321. The van der Waals surface area contributed by atoms with E-state index in [0.717, 1.165) is 38.5 Å². The second-order valence-corrected chi connectivity index (χ2v) is 20.7. The lowest BCUT2D eigenvalue weighted by Crippen LogP contribution is -2.45. The molecule has 67 heavy (non-hydrogen) atoms. The second-order valence-electron chi connectivity index (χ2n) is 20.7. The maximum atomic E-state index is 12.4. The van der Waals surface area contributed by atoms with Crippen molar-refractivity contribution in [1.82, 2.24) is 5.32 Å². The lowest BCUT2D eigenvalue weighted by atomic mass is 10.0. The van der Waals surface area contributed by atoms with E-state index in [1.807, 2.05) is 6.08 Å². The van der Waals surface area contributed by atoms with Crippen LogP contribution in [0.4, 0.5) is 0 Å². The first kappa shape index (κ1) is 65.3. The molecule has 0 spiro atoms. The average molecular weight is 945 g/mol. The summed E-state index contributed by atoms with van der Waals surface area (Å²) in [4.78, 5) is 24.5. The van der Waals surface area contributed by atoms with E-state index in [9.17, 15) is 19.8 Å². The third-order valence-corrected chi connectivity index (χ3v) is 14.0. The van der Waals surface area contributed by atoms with Crippen molar-refractivity contribution in [2.45, 2.75) is 341 Å². The van der Waals surface area contributed by atoms with Gasteiger partial charge in [-0.25, -0.2) is 0 Å². The number of rotatable bonds is 56. The molecule has 0 bridgehead atoms. The van der Waals surface area contributed by atoms with Gasteiger partial charge in [-0.2, -0.15) is 0 Å². The number of hydrogen-bond acceptors (Lipinski definition) is 5. The molecule has 2 atom stereocenters. The highest BCUT2D eigenvalue weighted by Crippen LogP contribution is 2.17. The molecule has 0 rings (SSSR count). The van der Waals surface area contributed by atoms with Crippen LogP contribution in [0.2, 0.25) is 0 Å². The lowest BCUT2D eigenvalue weighted by Gasteiger charge is -2.20. The van der Waals surface area contributed by atoms with Crippen LogP contribution in [0.1, 0.15) is 328 Å². The van der Waals surface area contributed by atoms with E-state index < -0.39 is 12.1 Å². The molecule has 0 heterocycles. The fourth-order valence-electron chi connectivity index (χ4n) is 9.34. The molecule has 6 heteroatoms. The highest BCUT2D eigenvalue weighted by Gasteiger charge is 2.18. The van der Waals surface area contributed by atoms with Crippen LogP contribution in [0.25, 0.3) is 0 Å². The van der Waals surface area contributed by atoms with Crippen molar-refractivity contribution in [3.63, 3.8) is 0 Å². The minimum atomic E-state index is -0.844. The van der Waals surface area contributed by atoms with Crippen LogP contribution in [0, 0.1) is 0 Å². The number of ether oxygens (including phenoxy) is 1. The molecular weight excluding hydrogens is 827 g/mol. The Bertz CT molecular complexity index is 1040. The predicted octanol–water partition coefficient (Wildman–Crippen LogP) is 18.6. The summed E-state index contributed by atoms with van der Waals surface area (Å²) < 4.78 is 5.50. The molecule has 1 amide bonds. The highest BCUT2D eigenvalue weighted by atomic mass is 16.5. The zero-order valence-electron chi connectivity index (χ0n) is 45.1. The van der Waals surface area contributed by atoms with Gasteiger partial charge in [0.05, 0.1) is 25.4 Å². The lowest BCUT2D eigenvalue weighted by molar-refractivity contribution is -0.143. The van der Waals surface area contributed by atoms with Crippen LogP contribution >= 0.6 is 0 Å². The molecule has 2 unspecified atom stereocenters. The van der Waals surface area contributed by atoms with Gasteiger partial charge in [-0.1, -0.05) is 282 Å². The maximum Gasteiger partial charge on any atom is 0.305 e. The average Bonchev–Trinajstić information content (AvgIpc) is 3.33. The summed E-state index contributed by atoms with van der Waals surface area (Å²) in [5.74, 6) is -0.0587. The summed E-state index contributed by atoms with van der Waals surface area (Å²) in [6.45, 7) is 4.89. The van der Waals surface area contributed by atoms with Crippen molar-refractivity contribution < 1.29 is 24.5 Å². The minimum absolute atomic E-state index is 0.0160. The van der Waals surface area contributed by atoms with Gasteiger partial charge in [0, 0.05) is 12.8 Å². The Kier molecular flexibility index (Phi) is 55.5. The van der Waals surface area contributed by atoms with Crippen LogP contribution in [0.15, 0.2) is 24.3 Å². The van der Waals surface area contributed by atoms with Crippen molar-refractivity contribution in [2.24, 2.45) is 0 Å². The third kappa shape index (κ3) is 53.5. The van der Waals surface area contributed by atoms with E-state index in [2.05, 4.69) is 31.3 Å². The Morgan fingerprint density at radius 3 is 1.06 bits per heavy atom. The third-order valence-electron chi connectivity index (χ3n) is 14.0. The maximum absolute atomic E-state index is 12.4. The van der Waals surface area contributed by atoms with Crippen LogP contribution in [0.3, 0.4) is 0 Å². The van der Waals surface area contributed by atoms with Crippen molar-refractivity contribution in [3.8, 4) is 0 Å². The van der Waals surface area contributed by atoms with E-state index >= 15 is 0 Å². The molecule has 0 radical (unpaired) electrons. The van der Waals surface area contributed by atoms with Gasteiger partial charge >= 0.3 is 5.97 Å². The largest absolute Gasteiger partial charge is 0.466 e. The Morgan fingerprint density at radius 2 is 0.701 bits per heavy atom. The van der Waals surface area contributed by atoms with Crippen molar-refractivity contribution in [3.05, 3.63) is 24.3 Å². The molecule has 0 aromatic carbocycles. The van der Waals surface area contributed by atoms with Crippen LogP contribution < -0.4 is 5.32 Å². The SMILES string of the molecule is CCCCCCCCC/C=C/C(O)C(CO)NC(=O)CCCCCCCCCC/C=C\CCCCCCCCCCCCCCOC(=O)CCCCCCCCCCCCCCCCCCC. The van der Waals surface area contributed by atoms with Gasteiger partial charge in [-0.3, -0.25) is 9.59 Å². The summed E-state index contributed by atoms with van der Waals surface area (Å²) in [5, 5.41) is 22.9. The van der Waals surface area contributed by atoms with E-state index in [1.54, 1.807) is 6.08 Å². The zero-order valence-corrected chi connectivity index (χ0v) is 45.1. The molecule has 0 aromatic heterocycles. The molecule has 396 valence electrons. The molecule has 3 N–H and O–H groups in total. The van der Waals surface area contributed by atoms with Crippen LogP contribution in [0.5, 0.6) is 0 Å². The molecule has 0 aliphatic carbocycles. The molecule has 6 nitrogen and oxygen atoms in total. The smallest absolute Gasteiger partial charge is 0.305 e. The van der Waals surface area contributed by atoms with Gasteiger partial charge in [0.25, 0.3) is 0 Å². The molecule has 0 saturated heterocycles. The molecule has 0 fully saturated rings. The van der Waals surface area contributed by atoms with Gasteiger partial charge in [0.1, 0.15) is 0 Å². The fraction of sp³-hybridized carbons (Fsp3) is 0.902. The molecule has 0 aliphatic rings. The summed E-state index contributed by atoms with van der Waals surface area (Å²) in [6, 6.07) is -0.628. The number of aliphatic hydroxyl groups is 2. The Hall–Kier alpha value is -1.66. The Labute approximate surface area is 418 Å². The number of aliphatic hydroxyl groups excluding tert-OH is 2. The topological polar surface area (TPSA) is 95.9 Å². The molecule has 0 aliphatic heterocycles. The van der Waals surface area contributed by atoms with E-state index in [4.69, 9.17) is 4.74 Å². The summed E-state index contributed by atoms with van der Waals surface area (Å²) >= 11 is 0. The van der Waals surface area contributed by atoms with E-state index in [1.165, 1.54) is 263 Å². The molecule has 0 aromatic rings. The molecule has 0 saturated carbocycles. The minimum Gasteiger partial charge on any atom is -0.466 e. The number of carbonyl (C=O) groups is 2. The van der Waals surface area contributed by atoms with Crippen LogP contribution in [-0.4, -0.2) is 47.4 Å². The summed E-state index contributed by atoms with van der Waals surface area (Å²) in [7, 11) is 0. The number of unbranched alkanes of at least 4 members (excludes halogenated alkanes) is 43. The van der Waals surface area contributed by atoms with Gasteiger partial charge in [0.2, 0.25) is 5.91 Å². The fourth-order valence-corrected chi connectivity index (χ4v) is 9.34.